The highest BCUT2D eigenvalue weighted by atomic mass is 16.5. The van der Waals surface area contributed by atoms with E-state index in [-0.39, 0.29) is 23.2 Å². The molecule has 0 fully saturated rings. The van der Waals surface area contributed by atoms with Gasteiger partial charge in [-0.05, 0) is 12.5 Å². The minimum Gasteiger partial charge on any atom is -0.469 e. The van der Waals surface area contributed by atoms with E-state index >= 15 is 0 Å². The first-order valence-electron chi connectivity index (χ1n) is 6.99. The molecule has 120 valence electrons. The van der Waals surface area contributed by atoms with Crippen LogP contribution >= 0.6 is 0 Å². The molecule has 2 atom stereocenters. The smallest absolute Gasteiger partial charge is 0.354 e. The fourth-order valence-corrected chi connectivity index (χ4v) is 3.19. The standard InChI is InChI=1S/C16H15NO6/c1-22-14(19)11-7-8-12(15(20)23-2)17-13(18)9-5-3-4-6-10(9)16(11,17)21/h3-6,8,11,21H,7H2,1-2H3. The zero-order valence-electron chi connectivity index (χ0n) is 12.6. The molecule has 1 amide bonds. The van der Waals surface area contributed by atoms with Gasteiger partial charge in [0.2, 0.25) is 0 Å². The van der Waals surface area contributed by atoms with Gasteiger partial charge in [0.25, 0.3) is 5.91 Å². The number of carbonyl (C=O) groups excluding carboxylic acids is 3. The largest absolute Gasteiger partial charge is 0.469 e. The van der Waals surface area contributed by atoms with E-state index in [4.69, 9.17) is 4.74 Å². The summed E-state index contributed by atoms with van der Waals surface area (Å²) in [6, 6.07) is 6.39. The van der Waals surface area contributed by atoms with E-state index < -0.39 is 29.5 Å². The van der Waals surface area contributed by atoms with E-state index in [0.717, 1.165) is 4.90 Å². The molecule has 23 heavy (non-hydrogen) atoms. The highest BCUT2D eigenvalue weighted by Crippen LogP contribution is 2.49. The van der Waals surface area contributed by atoms with Crippen LogP contribution in [0.5, 0.6) is 0 Å². The molecule has 0 aromatic heterocycles. The third-order valence-corrected chi connectivity index (χ3v) is 4.25. The Balaban J connectivity index is 2.23. The number of esters is 2. The fourth-order valence-electron chi connectivity index (χ4n) is 3.19. The molecular weight excluding hydrogens is 302 g/mol. The number of carbonyl (C=O) groups is 3. The Kier molecular flexibility index (Phi) is 3.45. The van der Waals surface area contributed by atoms with Crippen molar-refractivity contribution in [1.82, 2.24) is 4.90 Å². The molecule has 0 saturated carbocycles. The van der Waals surface area contributed by atoms with E-state index in [9.17, 15) is 19.5 Å². The van der Waals surface area contributed by atoms with Crippen LogP contribution in [0.1, 0.15) is 22.3 Å². The minimum atomic E-state index is -1.97. The average Bonchev–Trinajstić information content (AvgIpc) is 2.82. The quantitative estimate of drug-likeness (QED) is 0.800. The van der Waals surface area contributed by atoms with Gasteiger partial charge in [0, 0.05) is 11.1 Å². The summed E-state index contributed by atoms with van der Waals surface area (Å²) >= 11 is 0. The van der Waals surface area contributed by atoms with Gasteiger partial charge in [-0.25, -0.2) is 4.79 Å². The predicted molar refractivity (Wildman–Crippen MR) is 76.7 cm³/mol. The second kappa shape index (κ2) is 5.20. The Morgan fingerprint density at radius 1 is 1.26 bits per heavy atom. The molecule has 1 aromatic rings. The molecule has 2 unspecified atom stereocenters. The van der Waals surface area contributed by atoms with Crippen LogP contribution in [0, 0.1) is 5.92 Å². The number of nitrogens with zero attached hydrogens (tertiary/aromatic N) is 1. The molecule has 3 rings (SSSR count). The minimum absolute atomic E-state index is 0.0473. The lowest BCUT2D eigenvalue weighted by Gasteiger charge is -2.41. The van der Waals surface area contributed by atoms with Gasteiger partial charge in [-0.2, -0.15) is 0 Å². The molecule has 0 aliphatic carbocycles. The van der Waals surface area contributed by atoms with Crippen LogP contribution in [-0.2, 0) is 24.8 Å². The summed E-state index contributed by atoms with van der Waals surface area (Å²) in [7, 11) is 2.39. The number of fused-ring (bicyclic) bond motifs is 3. The van der Waals surface area contributed by atoms with Crippen LogP contribution in [0.15, 0.2) is 36.0 Å². The van der Waals surface area contributed by atoms with Gasteiger partial charge >= 0.3 is 11.9 Å². The number of aliphatic hydroxyl groups is 1. The van der Waals surface area contributed by atoms with Crippen molar-refractivity contribution < 1.29 is 29.0 Å². The summed E-state index contributed by atoms with van der Waals surface area (Å²) in [5, 5.41) is 11.3. The van der Waals surface area contributed by atoms with Crippen LogP contribution < -0.4 is 0 Å². The van der Waals surface area contributed by atoms with Crippen LogP contribution in [-0.4, -0.2) is 42.1 Å². The highest BCUT2D eigenvalue weighted by molar-refractivity contribution is 6.06. The van der Waals surface area contributed by atoms with Crippen molar-refractivity contribution in [3.05, 3.63) is 47.2 Å². The van der Waals surface area contributed by atoms with Crippen molar-refractivity contribution in [1.29, 1.82) is 0 Å². The van der Waals surface area contributed by atoms with Gasteiger partial charge < -0.3 is 14.6 Å². The predicted octanol–water partition coefficient (Wildman–Crippen LogP) is 0.537. The average molecular weight is 317 g/mol. The number of hydrogen-bond donors (Lipinski definition) is 1. The van der Waals surface area contributed by atoms with E-state index in [2.05, 4.69) is 4.74 Å². The Labute approximate surface area is 132 Å². The third kappa shape index (κ3) is 1.90. The van der Waals surface area contributed by atoms with Crippen LogP contribution in [0.2, 0.25) is 0 Å². The maximum Gasteiger partial charge on any atom is 0.354 e. The number of benzene rings is 1. The summed E-state index contributed by atoms with van der Waals surface area (Å²) < 4.78 is 9.44. The zero-order chi connectivity index (χ0) is 16.8. The number of amides is 1. The Morgan fingerprint density at radius 2 is 1.96 bits per heavy atom. The molecular formula is C16H15NO6. The molecule has 0 bridgehead atoms. The van der Waals surface area contributed by atoms with Crippen molar-refractivity contribution in [3.8, 4) is 0 Å². The molecule has 2 heterocycles. The summed E-state index contributed by atoms with van der Waals surface area (Å²) in [5.74, 6) is -3.02. The number of hydrogen-bond acceptors (Lipinski definition) is 6. The van der Waals surface area contributed by atoms with Gasteiger partial charge in [0.05, 0.1) is 14.2 Å². The van der Waals surface area contributed by atoms with Crippen LogP contribution in [0.25, 0.3) is 0 Å². The first-order chi connectivity index (χ1) is 11.0. The monoisotopic (exact) mass is 317 g/mol. The van der Waals surface area contributed by atoms with E-state index in [1.807, 2.05) is 0 Å². The van der Waals surface area contributed by atoms with Crippen LogP contribution in [0.3, 0.4) is 0 Å². The Morgan fingerprint density at radius 3 is 2.61 bits per heavy atom. The van der Waals surface area contributed by atoms with Crippen molar-refractivity contribution >= 4 is 17.8 Å². The molecule has 2 aliphatic heterocycles. The second-order valence-corrected chi connectivity index (χ2v) is 5.30. The van der Waals surface area contributed by atoms with Crippen molar-refractivity contribution in [2.45, 2.75) is 12.1 Å². The SMILES string of the molecule is COC(=O)C1=CCC(C(=O)OC)C2(O)c3ccccc3C(=O)N12. The van der Waals surface area contributed by atoms with Gasteiger partial charge in [0.1, 0.15) is 11.6 Å². The first kappa shape index (κ1) is 15.2. The lowest BCUT2D eigenvalue weighted by Crippen LogP contribution is -2.54. The lowest BCUT2D eigenvalue weighted by molar-refractivity contribution is -0.175. The summed E-state index contributed by atoms with van der Waals surface area (Å²) in [4.78, 5) is 37.7. The highest BCUT2D eigenvalue weighted by Gasteiger charge is 2.60. The third-order valence-electron chi connectivity index (χ3n) is 4.25. The first-order valence-corrected chi connectivity index (χ1v) is 6.99. The number of rotatable bonds is 2. The van der Waals surface area contributed by atoms with E-state index in [0.29, 0.717) is 0 Å². The number of ether oxygens (including phenoxy) is 2. The fraction of sp³-hybridized carbons (Fsp3) is 0.312. The van der Waals surface area contributed by atoms with Crippen molar-refractivity contribution in [3.63, 3.8) is 0 Å². The van der Waals surface area contributed by atoms with E-state index in [1.165, 1.54) is 26.4 Å². The number of methoxy groups -OCH3 is 2. The van der Waals surface area contributed by atoms with Gasteiger partial charge in [0.15, 0.2) is 5.72 Å². The maximum atomic E-state index is 12.7. The summed E-state index contributed by atoms with van der Waals surface area (Å²) in [5.41, 5.74) is -1.55. The molecule has 0 saturated heterocycles. The lowest BCUT2D eigenvalue weighted by atomic mass is 9.83. The molecule has 1 aromatic carbocycles. The summed E-state index contributed by atoms with van der Waals surface area (Å²) in [6.07, 6.45) is 1.46. The van der Waals surface area contributed by atoms with Gasteiger partial charge in [-0.15, -0.1) is 0 Å². The molecule has 7 nitrogen and oxygen atoms in total. The van der Waals surface area contributed by atoms with Gasteiger partial charge in [-0.1, -0.05) is 24.3 Å². The van der Waals surface area contributed by atoms with Crippen LogP contribution in [0.4, 0.5) is 0 Å². The van der Waals surface area contributed by atoms with Gasteiger partial charge in [-0.3, -0.25) is 14.5 Å². The zero-order valence-corrected chi connectivity index (χ0v) is 12.6. The Hall–Kier alpha value is -2.67. The van der Waals surface area contributed by atoms with Crippen molar-refractivity contribution in [2.24, 2.45) is 5.92 Å². The number of allylic oxidation sites excluding steroid dienone is 1. The molecule has 2 aliphatic rings. The van der Waals surface area contributed by atoms with E-state index in [1.54, 1.807) is 18.2 Å². The Bertz CT molecular complexity index is 740. The molecule has 7 heteroatoms. The summed E-state index contributed by atoms with van der Waals surface area (Å²) in [6.45, 7) is 0. The normalized spacial score (nSPS) is 25.3. The van der Waals surface area contributed by atoms with Crippen molar-refractivity contribution in [2.75, 3.05) is 14.2 Å². The molecule has 0 spiro atoms. The second-order valence-electron chi connectivity index (χ2n) is 5.30. The molecule has 0 radical (unpaired) electrons. The maximum absolute atomic E-state index is 12.7. The molecule has 1 N–H and O–H groups in total. The topological polar surface area (TPSA) is 93.1 Å².